The Balaban J connectivity index is 1.79. The summed E-state index contributed by atoms with van der Waals surface area (Å²) >= 11 is 6.03. The van der Waals surface area contributed by atoms with E-state index in [9.17, 15) is 13.6 Å². The number of imidazole rings is 1. The molecule has 9 heteroatoms. The number of aromatic nitrogens is 3. The molecule has 2 unspecified atom stereocenters. The second-order valence-corrected chi connectivity index (χ2v) is 6.58. The Hall–Kier alpha value is -2.74. The van der Waals surface area contributed by atoms with Crippen molar-refractivity contribution >= 4 is 28.7 Å². The molecule has 0 saturated heterocycles. The van der Waals surface area contributed by atoms with Crippen LogP contribution in [0.15, 0.2) is 30.3 Å². The summed E-state index contributed by atoms with van der Waals surface area (Å²) in [5.41, 5.74) is 1.90. The van der Waals surface area contributed by atoms with Gasteiger partial charge in [-0.05, 0) is 24.3 Å². The third-order valence-electron chi connectivity index (χ3n) is 4.78. The molecule has 3 aromatic rings. The lowest BCUT2D eigenvalue weighted by atomic mass is 9.98. The van der Waals surface area contributed by atoms with Crippen LogP contribution in [0.2, 0.25) is 5.15 Å². The number of carbonyl (C=O) groups excluding carboxylic acids is 1. The summed E-state index contributed by atoms with van der Waals surface area (Å²) in [6.07, 6.45) is 0.481. The molecule has 2 aliphatic heterocycles. The molecule has 6 nitrogen and oxygen atoms in total. The highest BCUT2D eigenvalue weighted by atomic mass is 35.5. The van der Waals surface area contributed by atoms with Gasteiger partial charge in [-0.15, -0.1) is 0 Å². The first kappa shape index (κ1) is 15.5. The fourth-order valence-corrected chi connectivity index (χ4v) is 3.99. The van der Waals surface area contributed by atoms with Gasteiger partial charge in [0.1, 0.15) is 22.2 Å². The zero-order valence-corrected chi connectivity index (χ0v) is 13.9. The van der Waals surface area contributed by atoms with Crippen molar-refractivity contribution in [2.24, 2.45) is 0 Å². The van der Waals surface area contributed by atoms with Crippen molar-refractivity contribution in [3.63, 3.8) is 0 Å². The molecule has 0 radical (unpaired) electrons. The molecule has 1 amide bonds. The van der Waals surface area contributed by atoms with Gasteiger partial charge in [-0.2, -0.15) is 8.78 Å². The monoisotopic (exact) mass is 376 g/mol. The normalized spacial score (nSPS) is 20.7. The van der Waals surface area contributed by atoms with Gasteiger partial charge >= 0.3 is 6.61 Å². The number of hydrogen-bond acceptors (Lipinski definition) is 4. The minimum absolute atomic E-state index is 0.0185. The number of fused-ring (bicyclic) bond motifs is 9. The first-order chi connectivity index (χ1) is 12.5. The Morgan fingerprint density at radius 2 is 2.12 bits per heavy atom. The first-order valence-electron chi connectivity index (χ1n) is 7.96. The van der Waals surface area contributed by atoms with Gasteiger partial charge in [-0.3, -0.25) is 4.79 Å². The number of amides is 1. The fraction of sp³-hybridized carbons (Fsp3) is 0.235. The Morgan fingerprint density at radius 1 is 1.27 bits per heavy atom. The summed E-state index contributed by atoms with van der Waals surface area (Å²) in [5.74, 6) is 0.275. The summed E-state index contributed by atoms with van der Waals surface area (Å²) in [4.78, 5) is 21.5. The number of ether oxygens (including phenoxy) is 1. The van der Waals surface area contributed by atoms with E-state index in [1.165, 1.54) is 12.1 Å². The lowest BCUT2D eigenvalue weighted by molar-refractivity contribution is -0.0507. The van der Waals surface area contributed by atoms with Crippen LogP contribution in [0.3, 0.4) is 0 Å². The van der Waals surface area contributed by atoms with Crippen molar-refractivity contribution in [3.8, 4) is 5.75 Å². The second-order valence-electron chi connectivity index (χ2n) is 6.19. The van der Waals surface area contributed by atoms with E-state index >= 15 is 0 Å². The molecule has 1 N–H and O–H groups in total. The molecule has 2 atom stereocenters. The average molecular weight is 377 g/mol. The summed E-state index contributed by atoms with van der Waals surface area (Å²) < 4.78 is 32.4. The maximum Gasteiger partial charge on any atom is 0.387 e. The number of alkyl halides is 2. The number of nitrogens with one attached hydrogen (secondary N) is 1. The summed E-state index contributed by atoms with van der Waals surface area (Å²) in [6.45, 7) is -2.99. The van der Waals surface area contributed by atoms with Gasteiger partial charge in [0.2, 0.25) is 0 Å². The van der Waals surface area contributed by atoms with Crippen LogP contribution in [0, 0.1) is 0 Å². The lowest BCUT2D eigenvalue weighted by Crippen LogP contribution is -2.28. The summed E-state index contributed by atoms with van der Waals surface area (Å²) in [5, 5.41) is 3.22. The van der Waals surface area contributed by atoms with Gasteiger partial charge in [-0.1, -0.05) is 17.7 Å². The van der Waals surface area contributed by atoms with E-state index in [0.717, 1.165) is 0 Å². The van der Waals surface area contributed by atoms with Crippen molar-refractivity contribution in [2.75, 3.05) is 0 Å². The molecule has 2 aromatic heterocycles. The van der Waals surface area contributed by atoms with E-state index in [0.29, 0.717) is 39.7 Å². The SMILES string of the molecule is O=C1NC2CC(c3c(OC(F)F)cccc31)n1c2nc2ccc(Cl)nc21. The molecule has 1 aromatic carbocycles. The van der Waals surface area contributed by atoms with Gasteiger partial charge in [0.05, 0.1) is 12.1 Å². The van der Waals surface area contributed by atoms with Crippen molar-refractivity contribution in [2.45, 2.75) is 25.1 Å². The van der Waals surface area contributed by atoms with Crippen molar-refractivity contribution < 1.29 is 18.3 Å². The smallest absolute Gasteiger partial charge is 0.387 e. The summed E-state index contributed by atoms with van der Waals surface area (Å²) in [7, 11) is 0. The minimum atomic E-state index is -2.99. The third-order valence-corrected chi connectivity index (χ3v) is 4.99. The van der Waals surface area contributed by atoms with Crippen LogP contribution in [0.1, 0.15) is 40.3 Å². The van der Waals surface area contributed by atoms with E-state index in [1.54, 1.807) is 18.2 Å². The second kappa shape index (κ2) is 5.38. The predicted molar refractivity (Wildman–Crippen MR) is 88.6 cm³/mol. The fourth-order valence-electron chi connectivity index (χ4n) is 3.85. The lowest BCUT2D eigenvalue weighted by Gasteiger charge is -2.20. The predicted octanol–water partition coefficient (Wildman–Crippen LogP) is 3.46. The van der Waals surface area contributed by atoms with Crippen LogP contribution in [-0.2, 0) is 0 Å². The van der Waals surface area contributed by atoms with Gasteiger partial charge in [-0.25, -0.2) is 9.97 Å². The Labute approximate surface area is 150 Å². The zero-order valence-electron chi connectivity index (χ0n) is 13.1. The molecule has 26 heavy (non-hydrogen) atoms. The van der Waals surface area contributed by atoms with E-state index in [-0.39, 0.29) is 17.7 Å². The standard InChI is InChI=1S/C17H11ClF2N4O2/c18-12-5-4-8-14(23-12)24-10-6-9(15(24)21-8)22-16(25)7-2-1-3-11(13(7)10)26-17(19)20/h1-5,9-10,17H,6H2,(H,22,25). The van der Waals surface area contributed by atoms with Crippen molar-refractivity contribution in [3.05, 3.63) is 52.4 Å². The zero-order chi connectivity index (χ0) is 18.0. The molecular formula is C17H11ClF2N4O2. The molecule has 0 saturated carbocycles. The quantitative estimate of drug-likeness (QED) is 0.695. The van der Waals surface area contributed by atoms with E-state index in [4.69, 9.17) is 16.3 Å². The molecule has 5 rings (SSSR count). The Kier molecular flexibility index (Phi) is 3.21. The van der Waals surface area contributed by atoms with Gasteiger partial charge in [0.25, 0.3) is 5.91 Å². The van der Waals surface area contributed by atoms with Crippen LogP contribution in [0.25, 0.3) is 11.2 Å². The number of halogens is 3. The maximum atomic E-state index is 12.9. The molecule has 132 valence electrons. The number of nitrogens with zero attached hydrogens (tertiary/aromatic N) is 3. The van der Waals surface area contributed by atoms with Gasteiger partial charge < -0.3 is 14.6 Å². The largest absolute Gasteiger partial charge is 0.434 e. The highest BCUT2D eigenvalue weighted by molar-refractivity contribution is 6.29. The van der Waals surface area contributed by atoms with Crippen molar-refractivity contribution in [1.29, 1.82) is 0 Å². The molecule has 2 bridgehead atoms. The summed E-state index contributed by atoms with van der Waals surface area (Å²) in [6, 6.07) is 7.19. The van der Waals surface area contributed by atoms with Gasteiger partial charge in [0.15, 0.2) is 5.65 Å². The topological polar surface area (TPSA) is 69.0 Å². The Morgan fingerprint density at radius 3 is 2.92 bits per heavy atom. The third kappa shape index (κ3) is 2.11. The van der Waals surface area contributed by atoms with Crippen LogP contribution in [0.4, 0.5) is 8.78 Å². The van der Waals surface area contributed by atoms with Crippen LogP contribution in [-0.4, -0.2) is 27.1 Å². The van der Waals surface area contributed by atoms with E-state index < -0.39 is 12.7 Å². The average Bonchev–Trinajstić information content (AvgIpc) is 3.07. The van der Waals surface area contributed by atoms with Crippen LogP contribution >= 0.6 is 11.6 Å². The molecular weight excluding hydrogens is 366 g/mol. The van der Waals surface area contributed by atoms with E-state index in [2.05, 4.69) is 15.3 Å². The van der Waals surface area contributed by atoms with Crippen molar-refractivity contribution in [1.82, 2.24) is 19.9 Å². The van der Waals surface area contributed by atoms with Crippen LogP contribution < -0.4 is 10.1 Å². The number of pyridine rings is 1. The van der Waals surface area contributed by atoms with Gasteiger partial charge in [0, 0.05) is 17.5 Å². The number of hydrogen-bond donors (Lipinski definition) is 1. The first-order valence-corrected chi connectivity index (χ1v) is 8.33. The molecule has 0 spiro atoms. The highest BCUT2D eigenvalue weighted by Gasteiger charge is 2.42. The molecule has 2 aliphatic rings. The Bertz CT molecular complexity index is 1070. The molecule has 4 heterocycles. The highest BCUT2D eigenvalue weighted by Crippen LogP contribution is 2.47. The number of rotatable bonds is 2. The molecule has 0 aliphatic carbocycles. The number of carbonyl (C=O) groups is 1. The number of benzene rings is 1. The van der Waals surface area contributed by atoms with Crippen LogP contribution in [0.5, 0.6) is 5.75 Å². The minimum Gasteiger partial charge on any atom is -0.434 e. The maximum absolute atomic E-state index is 12.9. The van der Waals surface area contributed by atoms with E-state index in [1.807, 2.05) is 4.57 Å². The molecule has 0 fully saturated rings.